The summed E-state index contributed by atoms with van der Waals surface area (Å²) < 4.78 is 5.49. The molecule has 1 rings (SSSR count). The van der Waals surface area contributed by atoms with Crippen LogP contribution in [-0.4, -0.2) is 36.6 Å². The van der Waals surface area contributed by atoms with Crippen LogP contribution >= 0.6 is 11.8 Å². The second kappa shape index (κ2) is 8.77. The maximum absolute atomic E-state index is 10.5. The molecule has 0 fully saturated rings. The van der Waals surface area contributed by atoms with Crippen LogP contribution in [0, 0.1) is 16.0 Å². The molecular weight excluding hydrogens is 264 g/mol. The topological polar surface area (TPSA) is 64.4 Å². The van der Waals surface area contributed by atoms with Crippen LogP contribution in [0.25, 0.3) is 0 Å². The Morgan fingerprint density at radius 3 is 2.68 bits per heavy atom. The van der Waals surface area contributed by atoms with Gasteiger partial charge in [-0.2, -0.15) is 11.8 Å². The van der Waals surface area contributed by atoms with E-state index in [4.69, 9.17) is 4.74 Å². The van der Waals surface area contributed by atoms with E-state index in [-0.39, 0.29) is 5.69 Å². The number of non-ortho nitro benzene ring substituents is 1. The minimum atomic E-state index is -0.418. The molecule has 0 saturated heterocycles. The lowest BCUT2D eigenvalue weighted by Gasteiger charge is -2.11. The minimum Gasteiger partial charge on any atom is -0.492 e. The lowest BCUT2D eigenvalue weighted by Crippen LogP contribution is -2.26. The Morgan fingerprint density at radius 1 is 1.42 bits per heavy atom. The van der Waals surface area contributed by atoms with Crippen LogP contribution in [0.1, 0.15) is 6.92 Å². The summed E-state index contributed by atoms with van der Waals surface area (Å²) in [7, 11) is 0. The van der Waals surface area contributed by atoms with Crippen LogP contribution in [0.2, 0.25) is 0 Å². The highest BCUT2D eigenvalue weighted by atomic mass is 32.2. The van der Waals surface area contributed by atoms with E-state index in [2.05, 4.69) is 18.5 Å². The van der Waals surface area contributed by atoms with Crippen molar-refractivity contribution < 1.29 is 9.66 Å². The number of hydrogen-bond acceptors (Lipinski definition) is 5. The third-order valence-corrected chi connectivity index (χ3v) is 3.44. The van der Waals surface area contributed by atoms with Crippen molar-refractivity contribution >= 4 is 17.4 Å². The predicted octanol–water partition coefficient (Wildman–Crippen LogP) is 2.56. The molecule has 0 aromatic heterocycles. The van der Waals surface area contributed by atoms with Gasteiger partial charge in [0, 0.05) is 18.7 Å². The Morgan fingerprint density at radius 2 is 2.11 bits per heavy atom. The monoisotopic (exact) mass is 284 g/mol. The van der Waals surface area contributed by atoms with Crippen LogP contribution in [0.4, 0.5) is 5.69 Å². The van der Waals surface area contributed by atoms with Crippen molar-refractivity contribution in [1.29, 1.82) is 0 Å². The molecule has 0 amide bonds. The van der Waals surface area contributed by atoms with Gasteiger partial charge in [0.25, 0.3) is 5.69 Å². The van der Waals surface area contributed by atoms with Crippen molar-refractivity contribution in [2.45, 2.75) is 6.92 Å². The first-order valence-electron chi connectivity index (χ1n) is 6.20. The van der Waals surface area contributed by atoms with Gasteiger partial charge < -0.3 is 10.1 Å². The first-order chi connectivity index (χ1) is 9.13. The molecule has 0 saturated carbocycles. The molecule has 5 nitrogen and oxygen atoms in total. The quantitative estimate of drug-likeness (QED) is 0.429. The maximum Gasteiger partial charge on any atom is 0.269 e. The molecule has 1 unspecified atom stereocenters. The van der Waals surface area contributed by atoms with E-state index in [1.165, 1.54) is 12.1 Å². The summed E-state index contributed by atoms with van der Waals surface area (Å²) in [5.74, 6) is 2.45. The van der Waals surface area contributed by atoms with Crippen LogP contribution in [0.15, 0.2) is 24.3 Å². The largest absolute Gasteiger partial charge is 0.492 e. The molecule has 0 spiro atoms. The van der Waals surface area contributed by atoms with Crippen molar-refractivity contribution in [2.24, 2.45) is 5.92 Å². The van der Waals surface area contributed by atoms with Gasteiger partial charge in [-0.15, -0.1) is 0 Å². The Balaban J connectivity index is 2.17. The van der Waals surface area contributed by atoms with Gasteiger partial charge in [-0.1, -0.05) is 6.92 Å². The minimum absolute atomic E-state index is 0.0800. The number of ether oxygens (including phenoxy) is 1. The number of nitrogens with one attached hydrogen (secondary N) is 1. The van der Waals surface area contributed by atoms with Gasteiger partial charge in [0.1, 0.15) is 12.4 Å². The van der Waals surface area contributed by atoms with Gasteiger partial charge in [0.15, 0.2) is 0 Å². The van der Waals surface area contributed by atoms with E-state index < -0.39 is 4.92 Å². The Kier molecular flexibility index (Phi) is 7.28. The van der Waals surface area contributed by atoms with Gasteiger partial charge in [-0.05, 0) is 36.6 Å². The zero-order valence-corrected chi connectivity index (χ0v) is 12.1. The van der Waals surface area contributed by atoms with E-state index in [0.29, 0.717) is 18.3 Å². The lowest BCUT2D eigenvalue weighted by molar-refractivity contribution is -0.384. The van der Waals surface area contributed by atoms with Crippen molar-refractivity contribution in [3.05, 3.63) is 34.4 Å². The molecule has 0 aliphatic heterocycles. The summed E-state index contributed by atoms with van der Waals surface area (Å²) in [6.45, 7) is 4.52. The van der Waals surface area contributed by atoms with E-state index in [1.807, 2.05) is 11.8 Å². The molecule has 1 atom stereocenters. The average Bonchev–Trinajstić information content (AvgIpc) is 2.39. The Hall–Kier alpha value is -1.27. The number of hydrogen-bond donors (Lipinski definition) is 1. The Labute approximate surface area is 117 Å². The van der Waals surface area contributed by atoms with Gasteiger partial charge in [0.2, 0.25) is 0 Å². The molecule has 1 aromatic carbocycles. The molecule has 0 aliphatic carbocycles. The summed E-state index contributed by atoms with van der Waals surface area (Å²) in [4.78, 5) is 10.1. The zero-order valence-electron chi connectivity index (χ0n) is 11.3. The summed E-state index contributed by atoms with van der Waals surface area (Å²) in [5.41, 5.74) is 0.0800. The molecule has 19 heavy (non-hydrogen) atoms. The number of rotatable bonds is 9. The maximum atomic E-state index is 10.5. The van der Waals surface area contributed by atoms with E-state index in [1.54, 1.807) is 12.1 Å². The SMILES string of the molecule is CSCC(C)CNCCOc1ccc([N+](=O)[O-])cc1. The van der Waals surface area contributed by atoms with Crippen LogP contribution < -0.4 is 10.1 Å². The fourth-order valence-corrected chi connectivity index (χ4v) is 2.28. The average molecular weight is 284 g/mol. The second-order valence-corrected chi connectivity index (χ2v) is 5.27. The third kappa shape index (κ3) is 6.45. The van der Waals surface area contributed by atoms with E-state index in [0.717, 1.165) is 18.8 Å². The van der Waals surface area contributed by atoms with E-state index in [9.17, 15) is 10.1 Å². The molecule has 1 N–H and O–H groups in total. The lowest BCUT2D eigenvalue weighted by atomic mass is 10.2. The van der Waals surface area contributed by atoms with Crippen molar-refractivity contribution in [3.63, 3.8) is 0 Å². The van der Waals surface area contributed by atoms with Gasteiger partial charge in [0.05, 0.1) is 4.92 Å². The van der Waals surface area contributed by atoms with Gasteiger partial charge in [-0.25, -0.2) is 0 Å². The standard InChI is InChI=1S/C13H20N2O3S/c1-11(10-19-2)9-14-7-8-18-13-5-3-12(4-6-13)15(16)17/h3-6,11,14H,7-10H2,1-2H3. The highest BCUT2D eigenvalue weighted by Gasteiger charge is 2.04. The molecule has 0 radical (unpaired) electrons. The summed E-state index contributed by atoms with van der Waals surface area (Å²) in [5, 5.41) is 13.8. The summed E-state index contributed by atoms with van der Waals surface area (Å²) in [6.07, 6.45) is 2.11. The normalized spacial score (nSPS) is 12.1. The fourth-order valence-electron chi connectivity index (χ4n) is 1.60. The number of benzene rings is 1. The second-order valence-electron chi connectivity index (χ2n) is 4.36. The summed E-state index contributed by atoms with van der Waals surface area (Å²) >= 11 is 1.85. The number of nitro benzene ring substituents is 1. The van der Waals surface area contributed by atoms with Crippen molar-refractivity contribution in [3.8, 4) is 5.75 Å². The van der Waals surface area contributed by atoms with Crippen LogP contribution in [0.5, 0.6) is 5.75 Å². The first kappa shape index (κ1) is 15.8. The third-order valence-electron chi connectivity index (χ3n) is 2.54. The number of nitrogens with zero attached hydrogens (tertiary/aromatic N) is 1. The van der Waals surface area contributed by atoms with Crippen LogP contribution in [-0.2, 0) is 0 Å². The molecule has 1 aromatic rings. The van der Waals surface area contributed by atoms with Crippen LogP contribution in [0.3, 0.4) is 0 Å². The number of thioether (sulfide) groups is 1. The predicted molar refractivity (Wildman–Crippen MR) is 79.0 cm³/mol. The Bertz CT molecular complexity index is 384. The molecule has 6 heteroatoms. The van der Waals surface area contributed by atoms with Crippen molar-refractivity contribution in [1.82, 2.24) is 5.32 Å². The molecule has 0 aliphatic rings. The van der Waals surface area contributed by atoms with Crippen molar-refractivity contribution in [2.75, 3.05) is 31.7 Å². The smallest absolute Gasteiger partial charge is 0.269 e. The molecule has 106 valence electrons. The number of nitro groups is 1. The fraction of sp³-hybridized carbons (Fsp3) is 0.538. The van der Waals surface area contributed by atoms with E-state index >= 15 is 0 Å². The molecular formula is C13H20N2O3S. The highest BCUT2D eigenvalue weighted by Crippen LogP contribution is 2.16. The molecule has 0 heterocycles. The van der Waals surface area contributed by atoms with Gasteiger partial charge in [-0.3, -0.25) is 10.1 Å². The van der Waals surface area contributed by atoms with Gasteiger partial charge >= 0.3 is 0 Å². The first-order valence-corrected chi connectivity index (χ1v) is 7.59. The highest BCUT2D eigenvalue weighted by molar-refractivity contribution is 7.98. The molecule has 0 bridgehead atoms. The summed E-state index contributed by atoms with van der Waals surface area (Å²) in [6, 6.07) is 6.13. The zero-order chi connectivity index (χ0) is 14.1.